The maximum Gasteiger partial charge on any atom is 0.230 e. The van der Waals surface area contributed by atoms with Gasteiger partial charge >= 0.3 is 0 Å². The van der Waals surface area contributed by atoms with Crippen LogP contribution in [0.4, 0.5) is 0 Å². The quantitative estimate of drug-likeness (QED) is 0.904. The average Bonchev–Trinajstić information content (AvgIpc) is 3.08. The van der Waals surface area contributed by atoms with E-state index in [1.807, 2.05) is 26.0 Å². The van der Waals surface area contributed by atoms with Crippen LogP contribution in [0.5, 0.6) is 0 Å². The van der Waals surface area contributed by atoms with Gasteiger partial charge in [0.15, 0.2) is 0 Å². The third-order valence-corrected chi connectivity index (χ3v) is 4.06. The summed E-state index contributed by atoms with van der Waals surface area (Å²) in [5.41, 5.74) is 1.21. The van der Waals surface area contributed by atoms with Gasteiger partial charge in [-0.25, -0.2) is 0 Å². The maximum atomic E-state index is 10.3. The summed E-state index contributed by atoms with van der Waals surface area (Å²) in [4.78, 5) is 6.20. The van der Waals surface area contributed by atoms with Crippen LogP contribution >= 0.6 is 0 Å². The minimum absolute atomic E-state index is 0.231. The second-order valence-electron chi connectivity index (χ2n) is 6.27. The number of hydrogen-bond donors (Lipinski definition) is 1. The van der Waals surface area contributed by atoms with Crippen molar-refractivity contribution in [2.24, 2.45) is 5.92 Å². The summed E-state index contributed by atoms with van der Waals surface area (Å²) in [5.74, 6) is 1.77. The van der Waals surface area contributed by atoms with Crippen LogP contribution in [-0.2, 0) is 13.0 Å². The molecule has 2 aromatic rings. The van der Waals surface area contributed by atoms with Gasteiger partial charge in [-0.05, 0) is 24.1 Å². The number of aliphatic hydroxyl groups excluding tert-OH is 1. The van der Waals surface area contributed by atoms with Gasteiger partial charge in [-0.1, -0.05) is 13.8 Å². The van der Waals surface area contributed by atoms with Crippen molar-refractivity contribution in [3.05, 3.63) is 41.9 Å². The molecule has 0 amide bonds. The van der Waals surface area contributed by atoms with E-state index in [9.17, 15) is 5.11 Å². The zero-order chi connectivity index (χ0) is 15.5. The Kier molecular flexibility index (Phi) is 4.49. The Balaban J connectivity index is 1.58. The second-order valence-corrected chi connectivity index (χ2v) is 6.27. The lowest BCUT2D eigenvalue weighted by atomic mass is 9.97. The van der Waals surface area contributed by atoms with Gasteiger partial charge in [0.05, 0.1) is 12.6 Å². The molecule has 1 aliphatic heterocycles. The van der Waals surface area contributed by atoms with E-state index >= 15 is 0 Å². The molecule has 3 rings (SSSR count). The van der Waals surface area contributed by atoms with Crippen molar-refractivity contribution in [1.29, 1.82) is 0 Å². The van der Waals surface area contributed by atoms with Crippen molar-refractivity contribution in [3.8, 4) is 0 Å². The predicted molar refractivity (Wildman–Crippen MR) is 81.1 cm³/mol. The average molecular weight is 302 g/mol. The number of aromatic nitrogens is 3. The van der Waals surface area contributed by atoms with Gasteiger partial charge in [0.25, 0.3) is 0 Å². The van der Waals surface area contributed by atoms with E-state index < -0.39 is 0 Å². The molecule has 0 aliphatic carbocycles. The van der Waals surface area contributed by atoms with Gasteiger partial charge in [0, 0.05) is 37.3 Å². The Hall–Kier alpha value is -1.79. The fourth-order valence-electron chi connectivity index (χ4n) is 2.85. The minimum atomic E-state index is -0.319. The predicted octanol–water partition coefficient (Wildman–Crippen LogP) is 1.62. The van der Waals surface area contributed by atoms with Crippen molar-refractivity contribution in [3.63, 3.8) is 0 Å². The first kappa shape index (κ1) is 15.1. The van der Waals surface area contributed by atoms with Crippen LogP contribution in [0.1, 0.15) is 37.1 Å². The van der Waals surface area contributed by atoms with Gasteiger partial charge in [0.2, 0.25) is 11.8 Å². The number of pyridine rings is 1. The lowest BCUT2D eigenvalue weighted by Crippen LogP contribution is -2.21. The van der Waals surface area contributed by atoms with Crippen molar-refractivity contribution in [1.82, 2.24) is 20.1 Å². The zero-order valence-corrected chi connectivity index (χ0v) is 13.0. The Morgan fingerprint density at radius 2 is 2.05 bits per heavy atom. The molecule has 0 saturated carbocycles. The largest absolute Gasteiger partial charge is 0.424 e. The van der Waals surface area contributed by atoms with E-state index in [-0.39, 0.29) is 17.9 Å². The molecule has 1 aliphatic rings. The van der Waals surface area contributed by atoms with Gasteiger partial charge in [-0.15, -0.1) is 10.2 Å². The van der Waals surface area contributed by atoms with Crippen LogP contribution in [-0.4, -0.2) is 44.4 Å². The molecule has 6 nitrogen and oxygen atoms in total. The van der Waals surface area contributed by atoms with Gasteiger partial charge < -0.3 is 9.52 Å². The summed E-state index contributed by atoms with van der Waals surface area (Å²) in [5, 5.41) is 18.4. The summed E-state index contributed by atoms with van der Waals surface area (Å²) in [7, 11) is 0. The smallest absolute Gasteiger partial charge is 0.230 e. The highest BCUT2D eigenvalue weighted by Crippen LogP contribution is 2.23. The summed E-state index contributed by atoms with van der Waals surface area (Å²) < 4.78 is 5.64. The molecule has 0 spiro atoms. The van der Waals surface area contributed by atoms with Gasteiger partial charge in [-0.3, -0.25) is 9.88 Å². The van der Waals surface area contributed by atoms with E-state index in [1.54, 1.807) is 12.4 Å². The van der Waals surface area contributed by atoms with Gasteiger partial charge in [0.1, 0.15) is 0 Å². The Morgan fingerprint density at radius 1 is 1.27 bits per heavy atom. The molecule has 0 aromatic carbocycles. The number of likely N-dealkylation sites (tertiary alicyclic amines) is 1. The SMILES string of the molecule is CC(C)c1nnc(CN2CC(O)C(Cc3ccncc3)C2)o1. The molecule has 118 valence electrons. The van der Waals surface area contributed by atoms with E-state index in [2.05, 4.69) is 20.1 Å². The van der Waals surface area contributed by atoms with E-state index in [0.29, 0.717) is 24.9 Å². The fraction of sp³-hybridized carbons (Fsp3) is 0.562. The summed E-state index contributed by atoms with van der Waals surface area (Å²) in [6, 6.07) is 4.00. The Labute approximate surface area is 130 Å². The molecule has 22 heavy (non-hydrogen) atoms. The molecule has 2 aromatic heterocycles. The number of rotatable bonds is 5. The maximum absolute atomic E-state index is 10.3. The molecule has 0 bridgehead atoms. The molecular formula is C16H22N4O2. The van der Waals surface area contributed by atoms with Crippen LogP contribution in [0.15, 0.2) is 28.9 Å². The van der Waals surface area contributed by atoms with Crippen LogP contribution in [0, 0.1) is 5.92 Å². The van der Waals surface area contributed by atoms with E-state index in [1.165, 1.54) is 5.56 Å². The highest BCUT2D eigenvalue weighted by Gasteiger charge is 2.32. The van der Waals surface area contributed by atoms with Crippen molar-refractivity contribution < 1.29 is 9.52 Å². The van der Waals surface area contributed by atoms with Crippen molar-refractivity contribution >= 4 is 0 Å². The normalized spacial score (nSPS) is 22.5. The highest BCUT2D eigenvalue weighted by molar-refractivity contribution is 5.11. The number of hydrogen-bond acceptors (Lipinski definition) is 6. The number of aliphatic hydroxyl groups is 1. The first-order chi connectivity index (χ1) is 10.6. The van der Waals surface area contributed by atoms with Crippen molar-refractivity contribution in [2.75, 3.05) is 13.1 Å². The molecule has 0 radical (unpaired) electrons. The Bertz CT molecular complexity index is 599. The highest BCUT2D eigenvalue weighted by atomic mass is 16.4. The molecule has 2 atom stereocenters. The Morgan fingerprint density at radius 3 is 2.73 bits per heavy atom. The lowest BCUT2D eigenvalue weighted by molar-refractivity contribution is 0.140. The van der Waals surface area contributed by atoms with Crippen LogP contribution in [0.3, 0.4) is 0 Å². The van der Waals surface area contributed by atoms with Crippen LogP contribution < -0.4 is 0 Å². The molecule has 2 unspecified atom stereocenters. The number of β-amino-alcohol motifs (C(OH)–C–C–N with tert-alkyl or cyclic N) is 1. The summed E-state index contributed by atoms with van der Waals surface area (Å²) in [6.07, 6.45) is 4.13. The topological polar surface area (TPSA) is 75.3 Å². The summed E-state index contributed by atoms with van der Waals surface area (Å²) >= 11 is 0. The zero-order valence-electron chi connectivity index (χ0n) is 13.0. The molecule has 1 saturated heterocycles. The molecule has 3 heterocycles. The standard InChI is InChI=1S/C16H22N4O2/c1-11(2)16-19-18-15(22-16)10-20-8-13(14(21)9-20)7-12-3-5-17-6-4-12/h3-6,11,13-14,21H,7-10H2,1-2H3. The minimum Gasteiger partial charge on any atom is -0.424 e. The third-order valence-electron chi connectivity index (χ3n) is 4.06. The first-order valence-electron chi connectivity index (χ1n) is 7.73. The lowest BCUT2D eigenvalue weighted by Gasteiger charge is -2.13. The van der Waals surface area contributed by atoms with Crippen LogP contribution in [0.25, 0.3) is 0 Å². The number of nitrogens with zero attached hydrogens (tertiary/aromatic N) is 4. The molecule has 6 heteroatoms. The third kappa shape index (κ3) is 3.51. The van der Waals surface area contributed by atoms with E-state index in [4.69, 9.17) is 4.42 Å². The molecule has 1 fully saturated rings. The van der Waals surface area contributed by atoms with Gasteiger partial charge in [-0.2, -0.15) is 0 Å². The molecular weight excluding hydrogens is 280 g/mol. The second kappa shape index (κ2) is 6.54. The summed E-state index contributed by atoms with van der Waals surface area (Å²) in [6.45, 7) is 6.14. The fourth-order valence-corrected chi connectivity index (χ4v) is 2.85. The van der Waals surface area contributed by atoms with Crippen LogP contribution in [0.2, 0.25) is 0 Å². The first-order valence-corrected chi connectivity index (χ1v) is 7.73. The monoisotopic (exact) mass is 302 g/mol. The van der Waals surface area contributed by atoms with Crippen molar-refractivity contribution in [2.45, 2.75) is 38.8 Å². The molecule has 1 N–H and O–H groups in total. The van der Waals surface area contributed by atoms with E-state index in [0.717, 1.165) is 13.0 Å².